The van der Waals surface area contributed by atoms with Gasteiger partial charge in [0.1, 0.15) is 28.2 Å². The third-order valence-electron chi connectivity index (χ3n) is 4.53. The summed E-state index contributed by atoms with van der Waals surface area (Å²) in [6.07, 6.45) is 2.75. The van der Waals surface area contributed by atoms with Crippen LogP contribution in [0.25, 0.3) is 17.3 Å². The van der Waals surface area contributed by atoms with Crippen LogP contribution in [0.15, 0.2) is 47.3 Å². The molecule has 1 amide bonds. The highest BCUT2D eigenvalue weighted by Crippen LogP contribution is 2.13. The lowest BCUT2D eigenvalue weighted by Crippen LogP contribution is -2.34. The lowest BCUT2D eigenvalue weighted by Gasteiger charge is -2.06. The summed E-state index contributed by atoms with van der Waals surface area (Å²) in [6.45, 7) is 2.25. The maximum Gasteiger partial charge on any atom is 0.273 e. The van der Waals surface area contributed by atoms with E-state index in [9.17, 15) is 28.0 Å². The number of hydrogen-bond donors (Lipinski definition) is 1. The first-order chi connectivity index (χ1) is 15.4. The van der Waals surface area contributed by atoms with Gasteiger partial charge >= 0.3 is 0 Å². The van der Waals surface area contributed by atoms with Crippen LogP contribution >= 0.6 is 11.3 Å². The minimum absolute atomic E-state index is 0.0251. The fraction of sp³-hybridized carbons (Fsp3) is 0.174. The Kier molecular flexibility index (Phi) is 7.28. The predicted octanol–water partition coefficient (Wildman–Crippen LogP) is 2.74. The van der Waals surface area contributed by atoms with Crippen LogP contribution in [0.1, 0.15) is 25.3 Å². The second-order valence-electron chi connectivity index (χ2n) is 6.77. The maximum absolute atomic E-state index is 14.6. The standard InChI is InChI=1S/C23H18F3N3O2S/c1-2-3-10-28-21(30)16(13-27)23-29(19-9-8-15(24)12-18(19)26)22(31)20(32-23)11-14-6-4-5-7-17(14)25/h4-9,11-12H,2-3,10H2,1H3,(H,28,30)/b20-11-,23-16-. The first-order valence-corrected chi connectivity index (χ1v) is 10.5. The second kappa shape index (κ2) is 10.1. The molecular weight excluding hydrogens is 439 g/mol. The lowest BCUT2D eigenvalue weighted by molar-refractivity contribution is -0.115. The van der Waals surface area contributed by atoms with Gasteiger partial charge in [0, 0.05) is 18.2 Å². The van der Waals surface area contributed by atoms with Crippen molar-refractivity contribution in [2.45, 2.75) is 19.8 Å². The average Bonchev–Trinajstić information content (AvgIpc) is 3.06. The molecule has 2 aromatic carbocycles. The maximum atomic E-state index is 14.6. The number of thiazole rings is 1. The molecule has 0 atom stereocenters. The SMILES string of the molecule is CCCCNC(=O)/C(C#N)=c1\s/c(=C\c2ccccc2F)c(=O)n1-c1ccc(F)cc1F. The predicted molar refractivity (Wildman–Crippen MR) is 116 cm³/mol. The molecule has 0 aliphatic carbocycles. The van der Waals surface area contributed by atoms with Crippen LogP contribution in [0, 0.1) is 28.8 Å². The highest BCUT2D eigenvalue weighted by Gasteiger charge is 2.19. The summed E-state index contributed by atoms with van der Waals surface area (Å²) >= 11 is 0.745. The Morgan fingerprint density at radius 2 is 1.94 bits per heavy atom. The number of nitriles is 1. The van der Waals surface area contributed by atoms with Crippen molar-refractivity contribution in [2.24, 2.45) is 0 Å². The zero-order valence-electron chi connectivity index (χ0n) is 17.0. The topological polar surface area (TPSA) is 74.9 Å². The molecule has 5 nitrogen and oxygen atoms in total. The van der Waals surface area contributed by atoms with E-state index in [1.54, 1.807) is 12.1 Å². The lowest BCUT2D eigenvalue weighted by atomic mass is 10.2. The van der Waals surface area contributed by atoms with Crippen molar-refractivity contribution in [3.8, 4) is 11.8 Å². The van der Waals surface area contributed by atoms with Gasteiger partial charge in [-0.3, -0.25) is 14.2 Å². The minimum atomic E-state index is -1.05. The number of nitrogens with zero attached hydrogens (tertiary/aromatic N) is 2. The van der Waals surface area contributed by atoms with Crippen LogP contribution in [-0.4, -0.2) is 17.0 Å². The van der Waals surface area contributed by atoms with E-state index in [-0.39, 0.29) is 20.4 Å². The summed E-state index contributed by atoms with van der Waals surface area (Å²) in [4.78, 5) is 25.8. The van der Waals surface area contributed by atoms with E-state index in [0.717, 1.165) is 34.5 Å². The Morgan fingerprint density at radius 3 is 2.59 bits per heavy atom. The van der Waals surface area contributed by atoms with Crippen LogP contribution in [0.3, 0.4) is 0 Å². The van der Waals surface area contributed by atoms with Gasteiger partial charge in [-0.25, -0.2) is 13.2 Å². The highest BCUT2D eigenvalue weighted by atomic mass is 32.1. The number of aromatic nitrogens is 1. The van der Waals surface area contributed by atoms with Gasteiger partial charge in [-0.2, -0.15) is 5.26 Å². The molecule has 0 saturated heterocycles. The van der Waals surface area contributed by atoms with Crippen molar-refractivity contribution in [3.05, 3.63) is 85.0 Å². The van der Waals surface area contributed by atoms with Gasteiger partial charge in [0.15, 0.2) is 5.57 Å². The first-order valence-electron chi connectivity index (χ1n) is 9.73. The van der Waals surface area contributed by atoms with Gasteiger partial charge in [0.05, 0.1) is 10.2 Å². The Balaban J connectivity index is 2.35. The van der Waals surface area contributed by atoms with Gasteiger partial charge in [-0.15, -0.1) is 11.3 Å². The summed E-state index contributed by atoms with van der Waals surface area (Å²) < 4.78 is 42.8. The third kappa shape index (κ3) is 4.81. The molecule has 0 bridgehead atoms. The minimum Gasteiger partial charge on any atom is -0.351 e. The fourth-order valence-electron chi connectivity index (χ4n) is 2.93. The molecule has 0 spiro atoms. The number of nitrogens with one attached hydrogen (secondary N) is 1. The quantitative estimate of drug-likeness (QED) is 0.579. The van der Waals surface area contributed by atoms with Crippen LogP contribution in [0.5, 0.6) is 0 Å². The zero-order valence-corrected chi connectivity index (χ0v) is 17.8. The van der Waals surface area contributed by atoms with Crippen molar-refractivity contribution >= 4 is 28.9 Å². The van der Waals surface area contributed by atoms with E-state index in [1.165, 1.54) is 24.3 Å². The van der Waals surface area contributed by atoms with Crippen LogP contribution in [0.4, 0.5) is 13.2 Å². The normalized spacial score (nSPS) is 12.4. The molecule has 0 aliphatic heterocycles. The summed E-state index contributed by atoms with van der Waals surface area (Å²) in [5.41, 5.74) is -1.40. The Bertz CT molecular complexity index is 1390. The molecule has 0 saturated carbocycles. The molecule has 0 fully saturated rings. The first kappa shape index (κ1) is 23.0. The van der Waals surface area contributed by atoms with E-state index < -0.39 is 34.5 Å². The second-order valence-corrected chi connectivity index (χ2v) is 7.80. The van der Waals surface area contributed by atoms with Crippen molar-refractivity contribution in [1.29, 1.82) is 5.26 Å². The molecule has 1 aromatic heterocycles. The third-order valence-corrected chi connectivity index (χ3v) is 5.63. The summed E-state index contributed by atoms with van der Waals surface area (Å²) in [5, 5.41) is 12.2. The number of carbonyl (C=O) groups is 1. The number of rotatable bonds is 6. The van der Waals surface area contributed by atoms with Crippen LogP contribution in [-0.2, 0) is 4.79 Å². The Hall–Kier alpha value is -3.64. The number of benzene rings is 2. The van der Waals surface area contributed by atoms with E-state index >= 15 is 0 Å². The number of amides is 1. The Labute approximate surface area is 185 Å². The molecule has 164 valence electrons. The molecule has 0 radical (unpaired) electrons. The van der Waals surface area contributed by atoms with Gasteiger partial charge in [-0.1, -0.05) is 31.5 Å². The molecule has 9 heteroatoms. The van der Waals surface area contributed by atoms with Crippen molar-refractivity contribution < 1.29 is 18.0 Å². The van der Waals surface area contributed by atoms with Gasteiger partial charge < -0.3 is 5.32 Å². The van der Waals surface area contributed by atoms with E-state index in [4.69, 9.17) is 0 Å². The molecule has 0 aliphatic rings. The fourth-order valence-corrected chi connectivity index (χ4v) is 4.01. The highest BCUT2D eigenvalue weighted by molar-refractivity contribution is 7.07. The number of unbranched alkanes of at least 4 members (excludes halogenated alkanes) is 1. The molecule has 32 heavy (non-hydrogen) atoms. The molecule has 1 heterocycles. The van der Waals surface area contributed by atoms with Crippen molar-refractivity contribution in [1.82, 2.24) is 9.88 Å². The van der Waals surface area contributed by atoms with Crippen molar-refractivity contribution in [3.63, 3.8) is 0 Å². The molecular formula is C23H18F3N3O2S. The molecule has 1 N–H and O–H groups in total. The van der Waals surface area contributed by atoms with Gasteiger partial charge in [0.25, 0.3) is 11.5 Å². The summed E-state index contributed by atoms with van der Waals surface area (Å²) in [6, 6.07) is 10.1. The smallest absolute Gasteiger partial charge is 0.273 e. The summed E-state index contributed by atoms with van der Waals surface area (Å²) in [7, 11) is 0. The summed E-state index contributed by atoms with van der Waals surface area (Å²) in [5.74, 6) is -3.21. The van der Waals surface area contributed by atoms with E-state index in [1.807, 2.05) is 6.92 Å². The average molecular weight is 457 g/mol. The van der Waals surface area contributed by atoms with E-state index in [2.05, 4.69) is 5.32 Å². The number of hydrogen-bond acceptors (Lipinski definition) is 4. The molecule has 0 unspecified atom stereocenters. The van der Waals surface area contributed by atoms with Crippen molar-refractivity contribution in [2.75, 3.05) is 6.54 Å². The largest absolute Gasteiger partial charge is 0.351 e. The van der Waals surface area contributed by atoms with Crippen LogP contribution in [0.2, 0.25) is 0 Å². The van der Waals surface area contributed by atoms with Crippen LogP contribution < -0.4 is 20.1 Å². The van der Waals surface area contributed by atoms with E-state index in [0.29, 0.717) is 19.0 Å². The molecule has 3 aromatic rings. The zero-order chi connectivity index (χ0) is 23.3. The van der Waals surface area contributed by atoms with Gasteiger partial charge in [0.2, 0.25) is 0 Å². The number of carbonyl (C=O) groups excluding carboxylic acids is 1. The Morgan fingerprint density at radius 1 is 1.19 bits per heavy atom. The molecule has 3 rings (SSSR count). The monoisotopic (exact) mass is 457 g/mol. The number of halogens is 3. The van der Waals surface area contributed by atoms with Gasteiger partial charge in [-0.05, 0) is 30.7 Å².